The van der Waals surface area contributed by atoms with E-state index in [1.807, 2.05) is 36.5 Å². The van der Waals surface area contributed by atoms with Crippen LogP contribution in [0.15, 0.2) is 47.2 Å². The van der Waals surface area contributed by atoms with E-state index in [9.17, 15) is 4.79 Å². The molecular formula is C16H18BrN3O. The predicted molar refractivity (Wildman–Crippen MR) is 88.1 cm³/mol. The van der Waals surface area contributed by atoms with Crippen LogP contribution in [0.1, 0.15) is 11.1 Å². The van der Waals surface area contributed by atoms with E-state index in [0.29, 0.717) is 13.0 Å². The Morgan fingerprint density at radius 2 is 1.90 bits per heavy atom. The van der Waals surface area contributed by atoms with Gasteiger partial charge in [0.1, 0.15) is 0 Å². The van der Waals surface area contributed by atoms with Gasteiger partial charge < -0.3 is 10.2 Å². The van der Waals surface area contributed by atoms with Gasteiger partial charge in [-0.05, 0) is 45.3 Å². The molecule has 2 rings (SSSR count). The fourth-order valence-electron chi connectivity index (χ4n) is 1.83. The van der Waals surface area contributed by atoms with Crippen molar-refractivity contribution in [1.82, 2.24) is 9.88 Å². The Labute approximate surface area is 133 Å². The molecule has 0 saturated carbocycles. The van der Waals surface area contributed by atoms with Gasteiger partial charge in [0.15, 0.2) is 0 Å². The van der Waals surface area contributed by atoms with E-state index in [0.717, 1.165) is 21.3 Å². The maximum atomic E-state index is 11.6. The monoisotopic (exact) mass is 347 g/mol. The minimum atomic E-state index is 0.107. The molecule has 0 spiro atoms. The quantitative estimate of drug-likeness (QED) is 0.903. The normalized spacial score (nSPS) is 10.2. The van der Waals surface area contributed by atoms with Crippen LogP contribution in [-0.4, -0.2) is 29.9 Å². The predicted octanol–water partition coefficient (Wildman–Crippen LogP) is 3.09. The summed E-state index contributed by atoms with van der Waals surface area (Å²) in [6, 6.07) is 9.96. The summed E-state index contributed by atoms with van der Waals surface area (Å²) < 4.78 is 0.972. The zero-order valence-corrected chi connectivity index (χ0v) is 13.7. The van der Waals surface area contributed by atoms with Gasteiger partial charge in [0.05, 0.1) is 6.42 Å². The van der Waals surface area contributed by atoms with Crippen molar-refractivity contribution >= 4 is 27.5 Å². The summed E-state index contributed by atoms with van der Waals surface area (Å²) >= 11 is 3.41. The van der Waals surface area contributed by atoms with Gasteiger partial charge in [0, 0.05) is 43.2 Å². The van der Waals surface area contributed by atoms with Crippen LogP contribution in [-0.2, 0) is 17.8 Å². The molecule has 0 atom stereocenters. The average molecular weight is 348 g/mol. The van der Waals surface area contributed by atoms with Gasteiger partial charge in [-0.1, -0.05) is 12.1 Å². The highest BCUT2D eigenvalue weighted by Gasteiger charge is 2.05. The lowest BCUT2D eigenvalue weighted by Crippen LogP contribution is -2.23. The highest BCUT2D eigenvalue weighted by Crippen LogP contribution is 2.14. The number of rotatable bonds is 5. The van der Waals surface area contributed by atoms with Crippen molar-refractivity contribution in [2.45, 2.75) is 13.0 Å². The fourth-order valence-corrected chi connectivity index (χ4v) is 2.24. The molecule has 110 valence electrons. The smallest absolute Gasteiger partial charge is 0.226 e. The lowest BCUT2D eigenvalue weighted by atomic mass is 10.1. The molecule has 21 heavy (non-hydrogen) atoms. The molecule has 0 fully saturated rings. The Morgan fingerprint density at radius 1 is 1.19 bits per heavy atom. The van der Waals surface area contributed by atoms with Gasteiger partial charge in [0.25, 0.3) is 0 Å². The molecular weight excluding hydrogens is 330 g/mol. The number of hydrogen-bond donors (Lipinski definition) is 1. The number of pyridine rings is 1. The third-order valence-electron chi connectivity index (χ3n) is 3.07. The van der Waals surface area contributed by atoms with Gasteiger partial charge in [-0.3, -0.25) is 9.78 Å². The molecule has 1 N–H and O–H groups in total. The Morgan fingerprint density at radius 3 is 2.52 bits per heavy atom. The van der Waals surface area contributed by atoms with Crippen molar-refractivity contribution in [3.8, 4) is 0 Å². The molecule has 1 aromatic carbocycles. The third-order valence-corrected chi connectivity index (χ3v) is 3.50. The number of nitrogens with one attached hydrogen (secondary N) is 1. The molecule has 0 saturated heterocycles. The number of hydrogen-bond acceptors (Lipinski definition) is 3. The van der Waals surface area contributed by atoms with Gasteiger partial charge in [-0.25, -0.2) is 0 Å². The lowest BCUT2D eigenvalue weighted by Gasteiger charge is -2.11. The van der Waals surface area contributed by atoms with E-state index in [2.05, 4.69) is 26.2 Å². The summed E-state index contributed by atoms with van der Waals surface area (Å²) in [5.41, 5.74) is 3.15. The Kier molecular flexibility index (Phi) is 5.33. The van der Waals surface area contributed by atoms with Crippen molar-refractivity contribution in [2.75, 3.05) is 19.4 Å². The molecule has 1 amide bonds. The largest absolute Gasteiger partial charge is 0.381 e. The van der Waals surface area contributed by atoms with Gasteiger partial charge in [-0.2, -0.15) is 0 Å². The number of anilines is 1. The van der Waals surface area contributed by atoms with Crippen molar-refractivity contribution in [1.29, 1.82) is 0 Å². The highest BCUT2D eigenvalue weighted by atomic mass is 79.9. The first kappa shape index (κ1) is 15.5. The standard InChI is InChI=1S/C16H18BrN3O/c1-20(2)16(21)8-12-3-5-15(6-4-12)19-10-13-7-14(17)11-18-9-13/h3-7,9,11,19H,8,10H2,1-2H3. The Bertz CT molecular complexity index is 611. The molecule has 5 heteroatoms. The Hall–Kier alpha value is -1.88. The minimum absolute atomic E-state index is 0.107. The SMILES string of the molecule is CN(C)C(=O)Cc1ccc(NCc2cncc(Br)c2)cc1. The number of aromatic nitrogens is 1. The highest BCUT2D eigenvalue weighted by molar-refractivity contribution is 9.10. The van der Waals surface area contributed by atoms with Crippen LogP contribution in [0.4, 0.5) is 5.69 Å². The van der Waals surface area contributed by atoms with Crippen LogP contribution in [0, 0.1) is 0 Å². The topological polar surface area (TPSA) is 45.2 Å². The summed E-state index contributed by atoms with van der Waals surface area (Å²) in [5, 5.41) is 3.34. The fraction of sp³-hybridized carbons (Fsp3) is 0.250. The zero-order valence-electron chi connectivity index (χ0n) is 12.1. The van der Waals surface area contributed by atoms with E-state index in [1.165, 1.54) is 0 Å². The maximum absolute atomic E-state index is 11.6. The van der Waals surface area contributed by atoms with Crippen LogP contribution in [0.25, 0.3) is 0 Å². The zero-order chi connectivity index (χ0) is 15.2. The number of halogens is 1. The molecule has 0 aliphatic heterocycles. The van der Waals surface area contributed by atoms with E-state index in [4.69, 9.17) is 0 Å². The average Bonchev–Trinajstić information content (AvgIpc) is 2.46. The van der Waals surface area contributed by atoms with Crippen molar-refractivity contribution in [2.24, 2.45) is 0 Å². The summed E-state index contributed by atoms with van der Waals surface area (Å²) in [6.07, 6.45) is 4.03. The van der Waals surface area contributed by atoms with Gasteiger partial charge >= 0.3 is 0 Å². The van der Waals surface area contributed by atoms with Gasteiger partial charge in [-0.15, -0.1) is 0 Å². The van der Waals surface area contributed by atoms with Crippen LogP contribution < -0.4 is 5.32 Å². The number of carbonyl (C=O) groups is 1. The van der Waals surface area contributed by atoms with Crippen LogP contribution >= 0.6 is 15.9 Å². The first-order chi connectivity index (χ1) is 10.0. The molecule has 4 nitrogen and oxygen atoms in total. The molecule has 1 aromatic heterocycles. The van der Waals surface area contributed by atoms with E-state index < -0.39 is 0 Å². The number of carbonyl (C=O) groups excluding carboxylic acids is 1. The second-order valence-electron chi connectivity index (χ2n) is 5.03. The van der Waals surface area contributed by atoms with E-state index in [1.54, 1.807) is 25.2 Å². The summed E-state index contributed by atoms with van der Waals surface area (Å²) in [5.74, 6) is 0.107. The van der Waals surface area contributed by atoms with E-state index >= 15 is 0 Å². The van der Waals surface area contributed by atoms with Crippen LogP contribution in [0.2, 0.25) is 0 Å². The number of amides is 1. The third kappa shape index (κ3) is 4.86. The van der Waals surface area contributed by atoms with Crippen molar-refractivity contribution in [3.63, 3.8) is 0 Å². The summed E-state index contributed by atoms with van der Waals surface area (Å²) in [4.78, 5) is 17.4. The molecule has 0 aliphatic rings. The number of nitrogens with zero attached hydrogens (tertiary/aromatic N) is 2. The molecule has 1 heterocycles. The molecule has 0 radical (unpaired) electrons. The second-order valence-corrected chi connectivity index (χ2v) is 5.94. The van der Waals surface area contributed by atoms with E-state index in [-0.39, 0.29) is 5.91 Å². The number of likely N-dealkylation sites (N-methyl/N-ethyl adjacent to an activating group) is 1. The van der Waals surface area contributed by atoms with Crippen LogP contribution in [0.3, 0.4) is 0 Å². The van der Waals surface area contributed by atoms with Crippen molar-refractivity contribution in [3.05, 3.63) is 58.3 Å². The second kappa shape index (κ2) is 7.22. The minimum Gasteiger partial charge on any atom is -0.381 e. The molecule has 2 aromatic rings. The summed E-state index contributed by atoms with van der Waals surface area (Å²) in [7, 11) is 3.54. The number of benzene rings is 1. The first-order valence-electron chi connectivity index (χ1n) is 6.67. The van der Waals surface area contributed by atoms with Gasteiger partial charge in [0.2, 0.25) is 5.91 Å². The molecule has 0 unspecified atom stereocenters. The first-order valence-corrected chi connectivity index (χ1v) is 7.46. The molecule has 0 aliphatic carbocycles. The summed E-state index contributed by atoms with van der Waals surface area (Å²) in [6.45, 7) is 0.711. The van der Waals surface area contributed by atoms with Crippen molar-refractivity contribution < 1.29 is 4.79 Å². The lowest BCUT2D eigenvalue weighted by molar-refractivity contribution is -0.127. The Balaban J connectivity index is 1.92. The maximum Gasteiger partial charge on any atom is 0.226 e. The molecule has 0 bridgehead atoms. The van der Waals surface area contributed by atoms with Crippen LogP contribution in [0.5, 0.6) is 0 Å².